The van der Waals surface area contributed by atoms with E-state index >= 15 is 0 Å². The average molecular weight is 508 g/mol. The van der Waals surface area contributed by atoms with Crippen LogP contribution in [0.3, 0.4) is 0 Å². The van der Waals surface area contributed by atoms with E-state index in [0.717, 1.165) is 25.8 Å². The zero-order chi connectivity index (χ0) is 18.8. The van der Waals surface area contributed by atoms with Crippen molar-refractivity contribution in [1.82, 2.24) is 15.4 Å². The molecule has 8 heteroatoms. The van der Waals surface area contributed by atoms with E-state index in [-0.39, 0.29) is 29.7 Å². The Morgan fingerprint density at radius 3 is 2.44 bits per heavy atom. The standard InChI is InChI=1S/C19H32N4O2S.HI/c1-3-17-10-5-6-11-18(17)15-22-19(20-4-2)21-12-13-26(24,25)23-14-16-8-7-9-16;/h5-6,10-11,16,23H,3-4,7-9,12-15H2,1-2H3,(H2,20,21,22);1H. The summed E-state index contributed by atoms with van der Waals surface area (Å²) in [7, 11) is -3.24. The van der Waals surface area contributed by atoms with Gasteiger partial charge >= 0.3 is 0 Å². The molecule has 1 saturated carbocycles. The van der Waals surface area contributed by atoms with Crippen molar-refractivity contribution in [1.29, 1.82) is 0 Å². The van der Waals surface area contributed by atoms with Crippen LogP contribution in [0.2, 0.25) is 0 Å². The lowest BCUT2D eigenvalue weighted by Crippen LogP contribution is -2.42. The van der Waals surface area contributed by atoms with Crippen molar-refractivity contribution >= 4 is 40.0 Å². The molecule has 154 valence electrons. The fourth-order valence-electron chi connectivity index (χ4n) is 2.88. The number of benzene rings is 1. The monoisotopic (exact) mass is 508 g/mol. The first-order chi connectivity index (χ1) is 12.5. The number of aliphatic imine (C=N–C) groups is 1. The molecule has 0 radical (unpaired) electrons. The summed E-state index contributed by atoms with van der Waals surface area (Å²) in [5.74, 6) is 1.22. The van der Waals surface area contributed by atoms with E-state index < -0.39 is 10.0 Å². The van der Waals surface area contributed by atoms with Crippen molar-refractivity contribution in [3.05, 3.63) is 35.4 Å². The third-order valence-electron chi connectivity index (χ3n) is 4.73. The lowest BCUT2D eigenvalue weighted by molar-refractivity contribution is 0.316. The summed E-state index contributed by atoms with van der Waals surface area (Å²) in [6.07, 6.45) is 4.46. The SMILES string of the molecule is CCNC(=NCc1ccccc1CC)NCCS(=O)(=O)NCC1CCC1.I. The Morgan fingerprint density at radius 1 is 1.15 bits per heavy atom. The summed E-state index contributed by atoms with van der Waals surface area (Å²) in [5, 5.41) is 6.29. The quantitative estimate of drug-likeness (QED) is 0.258. The summed E-state index contributed by atoms with van der Waals surface area (Å²) in [6.45, 7) is 6.34. The Bertz CT molecular complexity index is 691. The van der Waals surface area contributed by atoms with E-state index in [1.807, 2.05) is 19.1 Å². The first kappa shape index (κ1) is 24.2. The van der Waals surface area contributed by atoms with Crippen LogP contribution in [-0.4, -0.2) is 39.8 Å². The third-order valence-corrected chi connectivity index (χ3v) is 6.08. The molecule has 2 rings (SSSR count). The van der Waals surface area contributed by atoms with Crippen LogP contribution in [0.1, 0.15) is 44.2 Å². The maximum atomic E-state index is 12.1. The molecule has 0 bridgehead atoms. The van der Waals surface area contributed by atoms with Crippen molar-refractivity contribution < 1.29 is 8.42 Å². The molecule has 3 N–H and O–H groups in total. The summed E-state index contributed by atoms with van der Waals surface area (Å²) < 4.78 is 26.8. The topological polar surface area (TPSA) is 82.6 Å². The van der Waals surface area contributed by atoms with Gasteiger partial charge in [0.2, 0.25) is 10.0 Å². The maximum absolute atomic E-state index is 12.1. The van der Waals surface area contributed by atoms with E-state index in [4.69, 9.17) is 0 Å². The van der Waals surface area contributed by atoms with E-state index in [0.29, 0.717) is 31.5 Å². The third kappa shape index (κ3) is 8.78. The van der Waals surface area contributed by atoms with Crippen molar-refractivity contribution in [2.45, 2.75) is 46.1 Å². The molecule has 0 aliphatic heterocycles. The van der Waals surface area contributed by atoms with Crippen molar-refractivity contribution in [2.24, 2.45) is 10.9 Å². The molecular weight excluding hydrogens is 475 g/mol. The first-order valence-corrected chi connectivity index (χ1v) is 11.3. The number of rotatable bonds is 10. The maximum Gasteiger partial charge on any atom is 0.213 e. The molecule has 1 fully saturated rings. The van der Waals surface area contributed by atoms with Gasteiger partial charge in [0.1, 0.15) is 0 Å². The van der Waals surface area contributed by atoms with Gasteiger partial charge < -0.3 is 10.6 Å². The summed E-state index contributed by atoms with van der Waals surface area (Å²) in [5.41, 5.74) is 2.48. The molecule has 1 aromatic carbocycles. The zero-order valence-electron chi connectivity index (χ0n) is 16.3. The van der Waals surface area contributed by atoms with Crippen LogP contribution in [0.25, 0.3) is 0 Å². The van der Waals surface area contributed by atoms with Gasteiger partial charge in [-0.1, -0.05) is 37.6 Å². The molecule has 0 saturated heterocycles. The second-order valence-electron chi connectivity index (χ2n) is 6.71. The fraction of sp³-hybridized carbons (Fsp3) is 0.632. The number of hydrogen-bond acceptors (Lipinski definition) is 3. The Labute approximate surface area is 181 Å². The van der Waals surface area contributed by atoms with Gasteiger partial charge in [-0.2, -0.15) is 0 Å². The normalized spacial score (nSPS) is 15.0. The molecule has 1 aromatic rings. The van der Waals surface area contributed by atoms with E-state index in [9.17, 15) is 8.42 Å². The highest BCUT2D eigenvalue weighted by atomic mass is 127. The van der Waals surface area contributed by atoms with Gasteiger partial charge in [0.25, 0.3) is 0 Å². The molecule has 1 aliphatic carbocycles. The summed E-state index contributed by atoms with van der Waals surface area (Å²) >= 11 is 0. The molecule has 0 spiro atoms. The number of hydrogen-bond donors (Lipinski definition) is 3. The second kappa shape index (κ2) is 12.6. The number of nitrogens with zero attached hydrogens (tertiary/aromatic N) is 1. The smallest absolute Gasteiger partial charge is 0.213 e. The molecule has 1 aliphatic rings. The molecule has 6 nitrogen and oxygen atoms in total. The van der Waals surface area contributed by atoms with Crippen LogP contribution in [0.4, 0.5) is 0 Å². The average Bonchev–Trinajstić information content (AvgIpc) is 2.58. The fourth-order valence-corrected chi connectivity index (χ4v) is 3.89. The number of nitrogens with one attached hydrogen (secondary N) is 3. The van der Waals surface area contributed by atoms with E-state index in [1.54, 1.807) is 0 Å². The number of guanidine groups is 1. The first-order valence-electron chi connectivity index (χ1n) is 9.60. The Balaban J connectivity index is 0.00000364. The minimum Gasteiger partial charge on any atom is -0.357 e. The predicted octanol–water partition coefficient (Wildman–Crippen LogP) is 2.64. The number of aryl methyl sites for hydroxylation is 1. The minimum absolute atomic E-state index is 0. The van der Waals surface area contributed by atoms with Crippen LogP contribution < -0.4 is 15.4 Å². The van der Waals surface area contributed by atoms with Crippen LogP contribution in [-0.2, 0) is 23.0 Å². The van der Waals surface area contributed by atoms with Crippen LogP contribution in [0.5, 0.6) is 0 Å². The van der Waals surface area contributed by atoms with Gasteiger partial charge in [0.05, 0.1) is 12.3 Å². The molecule has 0 atom stereocenters. The van der Waals surface area contributed by atoms with Crippen LogP contribution >= 0.6 is 24.0 Å². The van der Waals surface area contributed by atoms with Gasteiger partial charge in [-0.05, 0) is 43.2 Å². The van der Waals surface area contributed by atoms with E-state index in [2.05, 4.69) is 39.4 Å². The van der Waals surface area contributed by atoms with Crippen molar-refractivity contribution in [3.63, 3.8) is 0 Å². The predicted molar refractivity (Wildman–Crippen MR) is 123 cm³/mol. The highest BCUT2D eigenvalue weighted by molar-refractivity contribution is 14.0. The molecule has 0 heterocycles. The van der Waals surface area contributed by atoms with Gasteiger partial charge in [-0.25, -0.2) is 18.1 Å². The van der Waals surface area contributed by atoms with Gasteiger partial charge in [-0.15, -0.1) is 24.0 Å². The molecule has 0 unspecified atom stereocenters. The zero-order valence-corrected chi connectivity index (χ0v) is 19.5. The van der Waals surface area contributed by atoms with Gasteiger partial charge in [0, 0.05) is 19.6 Å². The second-order valence-corrected chi connectivity index (χ2v) is 8.63. The lowest BCUT2D eigenvalue weighted by Gasteiger charge is -2.25. The highest BCUT2D eigenvalue weighted by Gasteiger charge is 2.20. The van der Waals surface area contributed by atoms with Crippen LogP contribution in [0.15, 0.2) is 29.3 Å². The van der Waals surface area contributed by atoms with Crippen LogP contribution in [0, 0.1) is 5.92 Å². The van der Waals surface area contributed by atoms with E-state index in [1.165, 1.54) is 17.5 Å². The summed E-state index contributed by atoms with van der Waals surface area (Å²) in [4.78, 5) is 4.59. The minimum atomic E-state index is -3.24. The Kier molecular flexibility index (Phi) is 11.2. The Hall–Kier alpha value is -0.870. The Morgan fingerprint density at radius 2 is 1.85 bits per heavy atom. The summed E-state index contributed by atoms with van der Waals surface area (Å²) in [6, 6.07) is 8.26. The molecule has 27 heavy (non-hydrogen) atoms. The molecule has 0 aromatic heterocycles. The highest BCUT2D eigenvalue weighted by Crippen LogP contribution is 2.25. The number of sulfonamides is 1. The number of halogens is 1. The largest absolute Gasteiger partial charge is 0.357 e. The van der Waals surface area contributed by atoms with Gasteiger partial charge in [0.15, 0.2) is 5.96 Å². The molecular formula is C19H33IN4O2S. The molecule has 0 amide bonds. The van der Waals surface area contributed by atoms with Gasteiger partial charge in [-0.3, -0.25) is 0 Å². The lowest BCUT2D eigenvalue weighted by atomic mass is 9.86. The van der Waals surface area contributed by atoms with Crippen molar-refractivity contribution in [2.75, 3.05) is 25.4 Å². The van der Waals surface area contributed by atoms with Crippen molar-refractivity contribution in [3.8, 4) is 0 Å².